The molecular weight excluding hydrogens is 180 g/mol. The SMILES string of the molecule is CC(C)c1ccc(C=CCCl)cc1. The summed E-state index contributed by atoms with van der Waals surface area (Å²) in [5.41, 5.74) is 2.59. The van der Waals surface area contributed by atoms with Gasteiger partial charge < -0.3 is 0 Å². The van der Waals surface area contributed by atoms with Crippen LogP contribution in [0.5, 0.6) is 0 Å². The van der Waals surface area contributed by atoms with Gasteiger partial charge in [0.2, 0.25) is 0 Å². The first kappa shape index (κ1) is 10.3. The van der Waals surface area contributed by atoms with Crippen LogP contribution in [0.25, 0.3) is 6.08 Å². The van der Waals surface area contributed by atoms with Crippen molar-refractivity contribution in [2.45, 2.75) is 19.8 Å². The molecule has 0 bridgehead atoms. The first-order valence-electron chi connectivity index (χ1n) is 4.56. The fraction of sp³-hybridized carbons (Fsp3) is 0.333. The Hall–Kier alpha value is -0.750. The summed E-state index contributed by atoms with van der Waals surface area (Å²) in [4.78, 5) is 0. The Morgan fingerprint density at radius 3 is 2.31 bits per heavy atom. The maximum absolute atomic E-state index is 5.55. The highest BCUT2D eigenvalue weighted by Crippen LogP contribution is 2.15. The lowest BCUT2D eigenvalue weighted by atomic mass is 10.0. The molecule has 0 aliphatic rings. The van der Waals surface area contributed by atoms with Crippen molar-refractivity contribution in [3.63, 3.8) is 0 Å². The molecule has 0 saturated carbocycles. The van der Waals surface area contributed by atoms with Crippen molar-refractivity contribution >= 4 is 17.7 Å². The molecule has 70 valence electrons. The van der Waals surface area contributed by atoms with Crippen molar-refractivity contribution in [1.29, 1.82) is 0 Å². The number of hydrogen-bond donors (Lipinski definition) is 0. The zero-order valence-corrected chi connectivity index (χ0v) is 8.88. The van der Waals surface area contributed by atoms with E-state index in [0.29, 0.717) is 11.8 Å². The fourth-order valence-corrected chi connectivity index (χ4v) is 1.26. The van der Waals surface area contributed by atoms with Crippen LogP contribution in [0.1, 0.15) is 30.9 Å². The second kappa shape index (κ2) is 5.08. The summed E-state index contributed by atoms with van der Waals surface area (Å²) in [6, 6.07) is 8.58. The highest BCUT2D eigenvalue weighted by Gasteiger charge is 1.96. The monoisotopic (exact) mass is 194 g/mol. The van der Waals surface area contributed by atoms with Gasteiger partial charge in [0.25, 0.3) is 0 Å². The predicted molar refractivity (Wildman–Crippen MR) is 60.3 cm³/mol. The van der Waals surface area contributed by atoms with E-state index in [1.54, 1.807) is 0 Å². The summed E-state index contributed by atoms with van der Waals surface area (Å²) in [5.74, 6) is 1.18. The van der Waals surface area contributed by atoms with Gasteiger partial charge in [-0.25, -0.2) is 0 Å². The summed E-state index contributed by atoms with van der Waals surface area (Å²) in [6.07, 6.45) is 3.99. The van der Waals surface area contributed by atoms with Crippen molar-refractivity contribution in [2.24, 2.45) is 0 Å². The van der Waals surface area contributed by atoms with Gasteiger partial charge in [-0.1, -0.05) is 50.3 Å². The van der Waals surface area contributed by atoms with Gasteiger partial charge in [-0.05, 0) is 17.0 Å². The summed E-state index contributed by atoms with van der Waals surface area (Å²) in [7, 11) is 0. The highest BCUT2D eigenvalue weighted by atomic mass is 35.5. The zero-order chi connectivity index (χ0) is 9.68. The third-order valence-electron chi connectivity index (χ3n) is 2.00. The summed E-state index contributed by atoms with van der Waals surface area (Å²) < 4.78 is 0. The molecule has 0 heterocycles. The van der Waals surface area contributed by atoms with E-state index in [1.807, 2.05) is 12.2 Å². The summed E-state index contributed by atoms with van der Waals surface area (Å²) >= 11 is 5.55. The molecule has 0 aliphatic heterocycles. The Morgan fingerprint density at radius 1 is 1.23 bits per heavy atom. The number of benzene rings is 1. The first-order chi connectivity index (χ1) is 6.24. The molecule has 0 amide bonds. The molecule has 13 heavy (non-hydrogen) atoms. The average molecular weight is 195 g/mol. The molecule has 0 N–H and O–H groups in total. The molecule has 1 rings (SSSR count). The number of alkyl halides is 1. The lowest BCUT2D eigenvalue weighted by Gasteiger charge is -2.04. The Bertz CT molecular complexity index is 270. The van der Waals surface area contributed by atoms with Gasteiger partial charge in [-0.15, -0.1) is 11.6 Å². The van der Waals surface area contributed by atoms with E-state index in [-0.39, 0.29) is 0 Å². The molecule has 0 aromatic heterocycles. The van der Waals surface area contributed by atoms with Gasteiger partial charge in [-0.3, -0.25) is 0 Å². The molecule has 0 spiro atoms. The van der Waals surface area contributed by atoms with Crippen LogP contribution in [-0.2, 0) is 0 Å². The first-order valence-corrected chi connectivity index (χ1v) is 5.10. The van der Waals surface area contributed by atoms with Gasteiger partial charge in [0.1, 0.15) is 0 Å². The maximum atomic E-state index is 5.55. The van der Waals surface area contributed by atoms with Gasteiger partial charge in [0, 0.05) is 5.88 Å². The molecule has 0 saturated heterocycles. The lowest BCUT2D eigenvalue weighted by molar-refractivity contribution is 0.866. The van der Waals surface area contributed by atoms with Crippen molar-refractivity contribution in [3.8, 4) is 0 Å². The van der Waals surface area contributed by atoms with Gasteiger partial charge in [-0.2, -0.15) is 0 Å². The molecule has 0 nitrogen and oxygen atoms in total. The molecule has 0 unspecified atom stereocenters. The molecule has 1 heteroatoms. The molecular formula is C12H15Cl. The Labute approximate surface area is 85.2 Å². The summed E-state index contributed by atoms with van der Waals surface area (Å²) in [5, 5.41) is 0. The van der Waals surface area contributed by atoms with E-state index in [4.69, 9.17) is 11.6 Å². The van der Waals surface area contributed by atoms with Crippen LogP contribution < -0.4 is 0 Å². The standard InChI is InChI=1S/C12H15Cl/c1-10(2)12-7-5-11(6-8-12)4-3-9-13/h3-8,10H,9H2,1-2H3. The van der Waals surface area contributed by atoms with Crippen LogP contribution in [0.2, 0.25) is 0 Å². The largest absolute Gasteiger partial charge is 0.122 e. The minimum atomic E-state index is 0.575. The normalized spacial score (nSPS) is 11.4. The van der Waals surface area contributed by atoms with Crippen LogP contribution in [0.4, 0.5) is 0 Å². The fourth-order valence-electron chi connectivity index (χ4n) is 1.17. The van der Waals surface area contributed by atoms with Crippen molar-refractivity contribution in [3.05, 3.63) is 41.5 Å². The van der Waals surface area contributed by atoms with Crippen molar-refractivity contribution < 1.29 is 0 Å². The third kappa shape index (κ3) is 3.23. The Morgan fingerprint density at radius 2 is 1.85 bits per heavy atom. The minimum absolute atomic E-state index is 0.575. The van der Waals surface area contributed by atoms with Crippen LogP contribution in [0, 0.1) is 0 Å². The van der Waals surface area contributed by atoms with Crippen LogP contribution >= 0.6 is 11.6 Å². The van der Waals surface area contributed by atoms with E-state index < -0.39 is 0 Å². The van der Waals surface area contributed by atoms with E-state index >= 15 is 0 Å². The van der Waals surface area contributed by atoms with Gasteiger partial charge >= 0.3 is 0 Å². The topological polar surface area (TPSA) is 0 Å². The number of rotatable bonds is 3. The van der Waals surface area contributed by atoms with Crippen LogP contribution in [-0.4, -0.2) is 5.88 Å². The highest BCUT2D eigenvalue weighted by molar-refractivity contribution is 6.19. The maximum Gasteiger partial charge on any atom is 0.0407 e. The number of allylic oxidation sites excluding steroid dienone is 1. The molecule has 0 atom stereocenters. The molecule has 0 aliphatic carbocycles. The number of halogens is 1. The Balaban J connectivity index is 2.75. The third-order valence-corrected chi connectivity index (χ3v) is 2.18. The lowest BCUT2D eigenvalue weighted by Crippen LogP contribution is -1.85. The van der Waals surface area contributed by atoms with Crippen LogP contribution in [0.3, 0.4) is 0 Å². The quantitative estimate of drug-likeness (QED) is 0.637. The smallest absolute Gasteiger partial charge is 0.0407 e. The predicted octanol–water partition coefficient (Wildman–Crippen LogP) is 4.06. The van der Waals surface area contributed by atoms with Gasteiger partial charge in [0.15, 0.2) is 0 Å². The second-order valence-electron chi connectivity index (χ2n) is 3.38. The van der Waals surface area contributed by atoms with Crippen LogP contribution in [0.15, 0.2) is 30.3 Å². The zero-order valence-electron chi connectivity index (χ0n) is 8.13. The summed E-state index contributed by atoms with van der Waals surface area (Å²) in [6.45, 7) is 4.40. The van der Waals surface area contributed by atoms with E-state index in [9.17, 15) is 0 Å². The van der Waals surface area contributed by atoms with Gasteiger partial charge in [0.05, 0.1) is 0 Å². The minimum Gasteiger partial charge on any atom is -0.122 e. The van der Waals surface area contributed by atoms with Crippen molar-refractivity contribution in [2.75, 3.05) is 5.88 Å². The van der Waals surface area contributed by atoms with E-state index in [2.05, 4.69) is 38.1 Å². The van der Waals surface area contributed by atoms with Crippen molar-refractivity contribution in [1.82, 2.24) is 0 Å². The van der Waals surface area contributed by atoms with E-state index in [1.165, 1.54) is 11.1 Å². The molecule has 1 aromatic rings. The molecule has 0 fully saturated rings. The molecule has 1 aromatic carbocycles. The Kier molecular flexibility index (Phi) is 4.04. The average Bonchev–Trinajstić information content (AvgIpc) is 2.15. The second-order valence-corrected chi connectivity index (χ2v) is 3.69. The van der Waals surface area contributed by atoms with E-state index in [0.717, 1.165) is 0 Å². The number of hydrogen-bond acceptors (Lipinski definition) is 0. The molecule has 0 radical (unpaired) electrons.